The molecular weight excluding hydrogens is 489 g/mol. The van der Waals surface area contributed by atoms with E-state index in [4.69, 9.17) is 4.74 Å². The number of hydrogen-bond acceptors (Lipinski definition) is 4. The summed E-state index contributed by atoms with van der Waals surface area (Å²) in [6.45, 7) is 4.99. The minimum atomic E-state index is -3.20. The van der Waals surface area contributed by atoms with E-state index in [-0.39, 0.29) is 24.0 Å². The van der Waals surface area contributed by atoms with E-state index < -0.39 is 9.84 Å². The standard InChI is InChI=1S/C20H27N3O3S.HI/c1-14-8-17(11-18(9-14)26-4)13-23-20(21-3)22-12-16-6-7-19(15(2)10-16)27(5,24)25;/h6-11H,12-13H2,1-5H3,(H2,21,22,23);1H. The molecule has 0 radical (unpaired) electrons. The molecule has 0 saturated carbocycles. The lowest BCUT2D eigenvalue weighted by Gasteiger charge is -2.14. The minimum Gasteiger partial charge on any atom is -0.497 e. The fraction of sp³-hybridized carbons (Fsp3) is 0.350. The van der Waals surface area contributed by atoms with E-state index in [0.29, 0.717) is 23.9 Å². The summed E-state index contributed by atoms with van der Waals surface area (Å²) < 4.78 is 28.7. The maximum atomic E-state index is 11.7. The molecule has 2 rings (SSSR count). The highest BCUT2D eigenvalue weighted by atomic mass is 127. The summed E-state index contributed by atoms with van der Waals surface area (Å²) in [7, 11) is 0.167. The van der Waals surface area contributed by atoms with Gasteiger partial charge in [-0.25, -0.2) is 8.42 Å². The van der Waals surface area contributed by atoms with Gasteiger partial charge in [-0.1, -0.05) is 18.2 Å². The fourth-order valence-electron chi connectivity index (χ4n) is 2.87. The van der Waals surface area contributed by atoms with E-state index >= 15 is 0 Å². The third-order valence-corrected chi connectivity index (χ3v) is 5.39. The van der Waals surface area contributed by atoms with Crippen molar-refractivity contribution in [3.63, 3.8) is 0 Å². The first-order chi connectivity index (χ1) is 12.7. The van der Waals surface area contributed by atoms with Crippen LogP contribution in [0.15, 0.2) is 46.3 Å². The number of aliphatic imine (C=N–C) groups is 1. The molecule has 0 aromatic heterocycles. The quantitative estimate of drug-likeness (QED) is 0.350. The lowest BCUT2D eigenvalue weighted by molar-refractivity contribution is 0.414. The molecule has 0 unspecified atom stereocenters. The van der Waals surface area contributed by atoms with Crippen LogP contribution in [0.2, 0.25) is 0 Å². The van der Waals surface area contributed by atoms with Gasteiger partial charge in [-0.3, -0.25) is 4.99 Å². The lowest BCUT2D eigenvalue weighted by atomic mass is 10.1. The molecule has 0 atom stereocenters. The summed E-state index contributed by atoms with van der Waals surface area (Å²) in [5.74, 6) is 1.50. The van der Waals surface area contributed by atoms with E-state index in [0.717, 1.165) is 28.0 Å². The number of aryl methyl sites for hydroxylation is 2. The van der Waals surface area contributed by atoms with E-state index in [2.05, 4.69) is 21.7 Å². The van der Waals surface area contributed by atoms with Crippen LogP contribution in [-0.2, 0) is 22.9 Å². The van der Waals surface area contributed by atoms with Crippen LogP contribution in [-0.4, -0.2) is 34.8 Å². The van der Waals surface area contributed by atoms with E-state index in [1.165, 1.54) is 6.26 Å². The maximum absolute atomic E-state index is 11.7. The van der Waals surface area contributed by atoms with Crippen molar-refractivity contribution < 1.29 is 13.2 Å². The van der Waals surface area contributed by atoms with Gasteiger partial charge in [0.25, 0.3) is 0 Å². The third kappa shape index (κ3) is 6.97. The predicted octanol–water partition coefficient (Wildman–Crippen LogP) is 3.20. The number of sulfone groups is 1. The molecule has 2 N–H and O–H groups in total. The van der Waals surface area contributed by atoms with Gasteiger partial charge in [0.15, 0.2) is 15.8 Å². The summed E-state index contributed by atoms with van der Waals surface area (Å²) in [6.07, 6.45) is 1.22. The van der Waals surface area contributed by atoms with E-state index in [1.54, 1.807) is 27.1 Å². The molecule has 0 aliphatic rings. The summed E-state index contributed by atoms with van der Waals surface area (Å²) in [5, 5.41) is 6.51. The van der Waals surface area contributed by atoms with Crippen molar-refractivity contribution >= 4 is 39.8 Å². The Labute approximate surface area is 184 Å². The second-order valence-electron chi connectivity index (χ2n) is 6.51. The second kappa shape index (κ2) is 10.7. The van der Waals surface area contributed by atoms with Crippen molar-refractivity contribution in [2.45, 2.75) is 31.8 Å². The normalized spacial score (nSPS) is 11.5. The van der Waals surface area contributed by atoms with Crippen LogP contribution in [0.4, 0.5) is 0 Å². The molecule has 0 aliphatic carbocycles. The van der Waals surface area contributed by atoms with Crippen LogP contribution in [0, 0.1) is 13.8 Å². The highest BCUT2D eigenvalue weighted by Gasteiger charge is 2.11. The number of guanidine groups is 1. The first-order valence-electron chi connectivity index (χ1n) is 8.61. The molecule has 8 heteroatoms. The van der Waals surface area contributed by atoms with Crippen molar-refractivity contribution in [2.24, 2.45) is 4.99 Å². The summed E-state index contributed by atoms with van der Waals surface area (Å²) in [6, 6.07) is 11.4. The number of nitrogens with one attached hydrogen (secondary N) is 2. The number of halogens is 1. The Bertz CT molecular complexity index is 944. The molecule has 0 spiro atoms. The molecule has 0 amide bonds. The van der Waals surface area contributed by atoms with Gasteiger partial charge in [0.05, 0.1) is 12.0 Å². The molecule has 154 valence electrons. The van der Waals surface area contributed by atoms with Gasteiger partial charge in [0, 0.05) is 26.4 Å². The van der Waals surface area contributed by atoms with Gasteiger partial charge in [-0.2, -0.15) is 0 Å². The molecule has 0 bridgehead atoms. The SMILES string of the molecule is CN=C(NCc1cc(C)cc(OC)c1)NCc1ccc(S(C)(=O)=O)c(C)c1.I. The highest BCUT2D eigenvalue weighted by molar-refractivity contribution is 14.0. The first kappa shape index (κ1) is 24.2. The van der Waals surface area contributed by atoms with Crippen LogP contribution in [0.1, 0.15) is 22.3 Å². The molecule has 28 heavy (non-hydrogen) atoms. The third-order valence-electron chi connectivity index (χ3n) is 4.13. The zero-order valence-electron chi connectivity index (χ0n) is 16.9. The Morgan fingerprint density at radius 1 is 1.04 bits per heavy atom. The maximum Gasteiger partial charge on any atom is 0.191 e. The van der Waals surface area contributed by atoms with Crippen molar-refractivity contribution in [3.05, 3.63) is 58.7 Å². The molecule has 2 aromatic carbocycles. The topological polar surface area (TPSA) is 79.8 Å². The molecule has 0 heterocycles. The predicted molar refractivity (Wildman–Crippen MR) is 124 cm³/mol. The fourth-order valence-corrected chi connectivity index (χ4v) is 3.83. The van der Waals surface area contributed by atoms with Crippen molar-refractivity contribution in [2.75, 3.05) is 20.4 Å². The molecule has 6 nitrogen and oxygen atoms in total. The largest absolute Gasteiger partial charge is 0.497 e. The Morgan fingerprint density at radius 2 is 1.68 bits per heavy atom. The molecule has 0 fully saturated rings. The van der Waals surface area contributed by atoms with Gasteiger partial charge < -0.3 is 15.4 Å². The van der Waals surface area contributed by atoms with Crippen LogP contribution >= 0.6 is 24.0 Å². The Hall–Kier alpha value is -1.81. The minimum absolute atomic E-state index is 0. The average molecular weight is 517 g/mol. The van der Waals surface area contributed by atoms with Gasteiger partial charge in [0.1, 0.15) is 5.75 Å². The average Bonchev–Trinajstić information content (AvgIpc) is 2.60. The molecule has 0 saturated heterocycles. The number of methoxy groups -OCH3 is 1. The lowest BCUT2D eigenvalue weighted by Crippen LogP contribution is -2.36. The Morgan fingerprint density at radius 3 is 2.21 bits per heavy atom. The summed E-state index contributed by atoms with van der Waals surface area (Å²) in [4.78, 5) is 4.59. The van der Waals surface area contributed by atoms with Crippen molar-refractivity contribution in [1.29, 1.82) is 0 Å². The van der Waals surface area contributed by atoms with E-state index in [1.807, 2.05) is 31.2 Å². The van der Waals surface area contributed by atoms with Gasteiger partial charge in [-0.15, -0.1) is 24.0 Å². The number of hydrogen-bond donors (Lipinski definition) is 2. The van der Waals surface area contributed by atoms with Crippen molar-refractivity contribution in [1.82, 2.24) is 10.6 Å². The number of nitrogens with zero attached hydrogens (tertiary/aromatic N) is 1. The summed E-state index contributed by atoms with van der Waals surface area (Å²) in [5.41, 5.74) is 3.96. The molecule has 0 aliphatic heterocycles. The first-order valence-corrected chi connectivity index (χ1v) is 10.5. The van der Waals surface area contributed by atoms with Gasteiger partial charge >= 0.3 is 0 Å². The summed E-state index contributed by atoms with van der Waals surface area (Å²) >= 11 is 0. The monoisotopic (exact) mass is 517 g/mol. The van der Waals surface area contributed by atoms with Gasteiger partial charge in [-0.05, 0) is 54.3 Å². The number of benzene rings is 2. The van der Waals surface area contributed by atoms with Crippen molar-refractivity contribution in [3.8, 4) is 5.75 Å². The number of rotatable bonds is 6. The molecular formula is C20H28IN3O3S. The second-order valence-corrected chi connectivity index (χ2v) is 8.49. The smallest absolute Gasteiger partial charge is 0.191 e. The Kier molecular flexibility index (Phi) is 9.22. The highest BCUT2D eigenvalue weighted by Crippen LogP contribution is 2.17. The number of ether oxygens (including phenoxy) is 1. The zero-order valence-corrected chi connectivity index (χ0v) is 20.0. The Balaban J connectivity index is 0.00000392. The van der Waals surface area contributed by atoms with E-state index in [9.17, 15) is 8.42 Å². The van der Waals surface area contributed by atoms with Crippen LogP contribution in [0.3, 0.4) is 0 Å². The van der Waals surface area contributed by atoms with Crippen LogP contribution < -0.4 is 15.4 Å². The molecule has 2 aromatic rings. The van der Waals surface area contributed by atoms with Crippen LogP contribution in [0.25, 0.3) is 0 Å². The zero-order chi connectivity index (χ0) is 20.0. The van der Waals surface area contributed by atoms with Crippen LogP contribution in [0.5, 0.6) is 5.75 Å². The van der Waals surface area contributed by atoms with Gasteiger partial charge in [0.2, 0.25) is 0 Å².